The monoisotopic (exact) mass is 847 g/mol. The number of hydrogen-bond donors (Lipinski definition) is 4. The van der Waals surface area contributed by atoms with Crippen LogP contribution in [0.4, 0.5) is 29.3 Å². The summed E-state index contributed by atoms with van der Waals surface area (Å²) in [4.78, 5) is 80.7. The van der Waals surface area contributed by atoms with Crippen molar-refractivity contribution in [3.8, 4) is 11.5 Å². The molecule has 1 atom stereocenters. The molecule has 324 valence electrons. The van der Waals surface area contributed by atoms with Gasteiger partial charge in [-0.3, -0.25) is 29.5 Å². The van der Waals surface area contributed by atoms with Gasteiger partial charge in [0.2, 0.25) is 29.4 Å². The summed E-state index contributed by atoms with van der Waals surface area (Å²) in [6.45, 7) is 4.71. The SMILES string of the molecule is CCN=C/C(NC(=O)Nc1cnc(-c2noc(CCCCC(=O)N3CCN(c4ccc5c(c4)CN(C4CCC(=O)NC4=O)C5=O)CC3)n2)c(C(F)(F)F)c1)=C(\N)C1CCCC1. The third-order valence-electron chi connectivity index (χ3n) is 11.4. The number of pyridine rings is 1. The molecule has 20 heteroatoms. The van der Waals surface area contributed by atoms with Gasteiger partial charge in [0, 0.05) is 87.6 Å². The number of alkyl halides is 3. The summed E-state index contributed by atoms with van der Waals surface area (Å²) in [6.07, 6.45) is 3.37. The molecule has 3 fully saturated rings. The van der Waals surface area contributed by atoms with E-state index in [4.69, 9.17) is 10.3 Å². The second-order valence-corrected chi connectivity index (χ2v) is 15.5. The van der Waals surface area contributed by atoms with Crippen LogP contribution in [0.1, 0.15) is 92.1 Å². The van der Waals surface area contributed by atoms with Crippen LogP contribution in [0.15, 0.2) is 51.4 Å². The van der Waals surface area contributed by atoms with Gasteiger partial charge in [-0.25, -0.2) is 9.78 Å². The summed E-state index contributed by atoms with van der Waals surface area (Å²) in [5, 5.41) is 11.1. The quantitative estimate of drug-likeness (QED) is 0.106. The highest BCUT2D eigenvalue weighted by atomic mass is 19.4. The van der Waals surface area contributed by atoms with Crippen LogP contribution in [0, 0.1) is 5.92 Å². The summed E-state index contributed by atoms with van der Waals surface area (Å²) in [7, 11) is 0. The molecule has 2 saturated heterocycles. The normalized spacial score (nSPS) is 19.0. The topological polar surface area (TPSA) is 221 Å². The fourth-order valence-electron chi connectivity index (χ4n) is 8.17. The maximum absolute atomic E-state index is 14.3. The average Bonchev–Trinajstić information content (AvgIpc) is 4.02. The van der Waals surface area contributed by atoms with Crippen molar-refractivity contribution in [1.82, 2.24) is 35.6 Å². The lowest BCUT2D eigenvalue weighted by Gasteiger charge is -2.36. The number of hydrogen-bond acceptors (Lipinski definition) is 12. The van der Waals surface area contributed by atoms with Gasteiger partial charge >= 0.3 is 12.2 Å². The molecule has 3 aliphatic heterocycles. The zero-order valence-corrected chi connectivity index (χ0v) is 33.7. The number of aromatic nitrogens is 3. The van der Waals surface area contributed by atoms with Crippen LogP contribution in [0.3, 0.4) is 0 Å². The number of carbonyl (C=O) groups is 5. The molecule has 4 aliphatic rings. The van der Waals surface area contributed by atoms with Crippen molar-refractivity contribution in [3.63, 3.8) is 0 Å². The molecule has 2 aromatic heterocycles. The van der Waals surface area contributed by atoms with Crippen LogP contribution in [-0.4, -0.2) is 99.6 Å². The van der Waals surface area contributed by atoms with Crippen molar-refractivity contribution in [2.45, 2.75) is 89.9 Å². The predicted molar refractivity (Wildman–Crippen MR) is 216 cm³/mol. The molecule has 5 heterocycles. The van der Waals surface area contributed by atoms with Gasteiger partial charge in [-0.1, -0.05) is 18.0 Å². The van der Waals surface area contributed by atoms with E-state index in [2.05, 4.69) is 41.0 Å². The van der Waals surface area contributed by atoms with Crippen LogP contribution in [0.5, 0.6) is 0 Å². The van der Waals surface area contributed by atoms with Crippen LogP contribution >= 0.6 is 0 Å². The molecule has 7 rings (SSSR count). The first-order chi connectivity index (χ1) is 29.3. The first-order valence-corrected chi connectivity index (χ1v) is 20.6. The first-order valence-electron chi connectivity index (χ1n) is 20.6. The fraction of sp³-hybridized carbons (Fsp3) is 0.488. The van der Waals surface area contributed by atoms with E-state index < -0.39 is 35.4 Å². The average molecular weight is 848 g/mol. The Labute approximate surface area is 349 Å². The maximum Gasteiger partial charge on any atom is 0.418 e. The Bertz CT molecular complexity index is 2230. The maximum atomic E-state index is 14.3. The molecule has 6 amide bonds. The van der Waals surface area contributed by atoms with Crippen LogP contribution in [-0.2, 0) is 33.5 Å². The minimum absolute atomic E-state index is 0.0229. The number of imide groups is 1. The van der Waals surface area contributed by atoms with Gasteiger partial charge in [0.1, 0.15) is 11.7 Å². The number of amides is 6. The number of piperazine rings is 1. The van der Waals surface area contributed by atoms with E-state index in [1.54, 1.807) is 11.0 Å². The van der Waals surface area contributed by atoms with Crippen LogP contribution in [0.25, 0.3) is 11.5 Å². The van der Waals surface area contributed by atoms with E-state index in [9.17, 15) is 37.1 Å². The third-order valence-corrected chi connectivity index (χ3v) is 11.4. The minimum Gasteiger partial charge on any atom is -0.400 e. The molecule has 3 aromatic rings. The number of fused-ring (bicyclic) bond motifs is 1. The summed E-state index contributed by atoms with van der Waals surface area (Å²) >= 11 is 0. The number of rotatable bonds is 13. The molecule has 1 aliphatic carbocycles. The number of benzene rings is 1. The Morgan fingerprint density at radius 2 is 1.84 bits per heavy atom. The minimum atomic E-state index is -4.86. The zero-order chi connectivity index (χ0) is 43.3. The lowest BCUT2D eigenvalue weighted by molar-refractivity contribution is -0.138. The lowest BCUT2D eigenvalue weighted by Crippen LogP contribution is -2.52. The van der Waals surface area contributed by atoms with E-state index in [1.807, 2.05) is 19.1 Å². The molecule has 1 unspecified atom stereocenters. The Kier molecular flexibility index (Phi) is 13.0. The number of urea groups is 1. The summed E-state index contributed by atoms with van der Waals surface area (Å²) in [5.41, 5.74) is 7.42. The van der Waals surface area contributed by atoms with Crippen molar-refractivity contribution in [2.24, 2.45) is 16.6 Å². The van der Waals surface area contributed by atoms with Gasteiger partial charge < -0.3 is 35.6 Å². The number of unbranched alkanes of at least 4 members (excludes halogenated alkanes) is 1. The molecule has 0 spiro atoms. The van der Waals surface area contributed by atoms with E-state index in [1.165, 1.54) is 11.1 Å². The number of anilines is 2. The third kappa shape index (κ3) is 10.0. The van der Waals surface area contributed by atoms with Gasteiger partial charge in [0.05, 0.1) is 23.1 Å². The second-order valence-electron chi connectivity index (χ2n) is 15.5. The number of nitrogens with two attached hydrogens (primary N) is 1. The number of nitrogens with one attached hydrogen (secondary N) is 3. The summed E-state index contributed by atoms with van der Waals surface area (Å²) < 4.78 is 48.0. The van der Waals surface area contributed by atoms with Crippen molar-refractivity contribution in [1.29, 1.82) is 0 Å². The van der Waals surface area contributed by atoms with Gasteiger partial charge in [-0.15, -0.1) is 0 Å². The Morgan fingerprint density at radius 1 is 1.07 bits per heavy atom. The Balaban J connectivity index is 0.878. The van der Waals surface area contributed by atoms with Crippen molar-refractivity contribution >= 4 is 47.2 Å². The molecule has 0 bridgehead atoms. The number of halogens is 3. The predicted octanol–water partition coefficient (Wildman–Crippen LogP) is 4.55. The molecule has 0 radical (unpaired) electrons. The standard InChI is InChI=1S/C41H48F3N11O6/c1-2-46-22-30(35(45)24-7-3-4-8-24)49-40(60)48-26-20-29(41(42,43)44)36(47-21-26)37-51-33(61-52-37)9-5-6-10-34(57)54-17-15-53(16-18-54)27-11-12-28-25(19-27)23-55(39(28)59)31-13-14-32(56)50-38(31)58/h11-12,19-22,24,31H,2-10,13-18,23,45H2,1H3,(H2,48,49,60)(H,50,56,58)/b35-30+,46-22?. The number of aliphatic imine (C=N–C) groups is 1. The summed E-state index contributed by atoms with van der Waals surface area (Å²) in [5.74, 6) is -1.24. The van der Waals surface area contributed by atoms with Gasteiger partial charge in [0.15, 0.2) is 0 Å². The number of aryl methyl sites for hydroxylation is 1. The number of allylic oxidation sites excluding steroid dienone is 2. The van der Waals surface area contributed by atoms with E-state index in [0.717, 1.165) is 49.2 Å². The molecule has 5 N–H and O–H groups in total. The fourth-order valence-corrected chi connectivity index (χ4v) is 8.17. The molecular formula is C41H48F3N11O6. The Morgan fingerprint density at radius 3 is 2.56 bits per heavy atom. The molecular weight excluding hydrogens is 800 g/mol. The van der Waals surface area contributed by atoms with Crippen molar-refractivity contribution in [3.05, 3.63) is 64.4 Å². The van der Waals surface area contributed by atoms with Crippen LogP contribution in [0.2, 0.25) is 0 Å². The Hall–Kier alpha value is -6.34. The number of piperidine rings is 1. The molecule has 61 heavy (non-hydrogen) atoms. The van der Waals surface area contributed by atoms with Crippen molar-refractivity contribution < 1.29 is 41.7 Å². The molecule has 17 nitrogen and oxygen atoms in total. The molecule has 1 aromatic carbocycles. The second kappa shape index (κ2) is 18.5. The lowest BCUT2D eigenvalue weighted by atomic mass is 10.0. The first kappa shape index (κ1) is 42.8. The highest BCUT2D eigenvalue weighted by Gasteiger charge is 2.40. The van der Waals surface area contributed by atoms with Gasteiger partial charge in [0.25, 0.3) is 5.91 Å². The van der Waals surface area contributed by atoms with Gasteiger partial charge in [-0.05, 0) is 68.9 Å². The smallest absolute Gasteiger partial charge is 0.400 e. The largest absolute Gasteiger partial charge is 0.418 e. The number of carbonyl (C=O) groups excluding carboxylic acids is 5. The van der Waals surface area contributed by atoms with E-state index in [0.29, 0.717) is 68.9 Å². The van der Waals surface area contributed by atoms with E-state index >= 15 is 0 Å². The van der Waals surface area contributed by atoms with Gasteiger partial charge in [-0.2, -0.15) is 18.2 Å². The van der Waals surface area contributed by atoms with E-state index in [-0.39, 0.29) is 66.8 Å². The highest BCUT2D eigenvalue weighted by Crippen LogP contribution is 2.37. The highest BCUT2D eigenvalue weighted by molar-refractivity contribution is 6.05. The molecule has 1 saturated carbocycles. The number of nitrogens with zero attached hydrogens (tertiary/aromatic N) is 7. The van der Waals surface area contributed by atoms with Crippen molar-refractivity contribution in [2.75, 3.05) is 42.9 Å². The van der Waals surface area contributed by atoms with Crippen LogP contribution < -0.4 is 26.6 Å². The zero-order valence-electron chi connectivity index (χ0n) is 33.7. The summed E-state index contributed by atoms with van der Waals surface area (Å²) in [6, 6.07) is 4.83.